The second-order valence-electron chi connectivity index (χ2n) is 3.63. The molecule has 0 bridgehead atoms. The lowest BCUT2D eigenvalue weighted by atomic mass is 10.2. The van der Waals surface area contributed by atoms with Crippen molar-refractivity contribution in [2.24, 2.45) is 4.99 Å². The summed E-state index contributed by atoms with van der Waals surface area (Å²) in [6, 6.07) is 6.45. The molecule has 0 aliphatic rings. The second-order valence-corrected chi connectivity index (χ2v) is 5.65. The molecule has 5 heteroatoms. The Kier molecular flexibility index (Phi) is 4.07. The Hall–Kier alpha value is -1.62. The first-order valence-electron chi connectivity index (χ1n) is 4.95. The number of hydrogen-bond donors (Lipinski definition) is 0. The fourth-order valence-corrected chi connectivity index (χ4v) is 1.93. The van der Waals surface area contributed by atoms with Gasteiger partial charge in [0.1, 0.15) is 0 Å². The molecule has 0 heterocycles. The molecular weight excluding hydrogens is 238 g/mol. The largest absolute Gasteiger partial charge is 0.444 e. The smallest absolute Gasteiger partial charge is 0.221 e. The second kappa shape index (κ2) is 5.14. The number of aliphatic imine (C=N–C) groups is 1. The van der Waals surface area contributed by atoms with Gasteiger partial charge in [-0.3, -0.25) is 4.99 Å². The molecule has 0 radical (unpaired) electrons. The number of allylic oxidation sites excluding steroid dienone is 1. The molecule has 1 aromatic rings. The fraction of sp³-hybridized carbons (Fsp3) is 0.250. The molecule has 0 saturated heterocycles. The zero-order valence-electron chi connectivity index (χ0n) is 10.1. The molecule has 1 rings (SSSR count). The van der Waals surface area contributed by atoms with Crippen LogP contribution < -0.4 is 0 Å². The van der Waals surface area contributed by atoms with Crippen molar-refractivity contribution >= 4 is 15.7 Å². The molecule has 0 aliphatic carbocycles. The summed E-state index contributed by atoms with van der Waals surface area (Å²) in [7, 11) is -1.65. The van der Waals surface area contributed by atoms with Crippen molar-refractivity contribution in [2.45, 2.75) is 11.8 Å². The fourth-order valence-electron chi connectivity index (χ4n) is 1.26. The molecule has 17 heavy (non-hydrogen) atoms. The monoisotopic (exact) mass is 253 g/mol. The molecule has 0 spiro atoms. The molecule has 0 fully saturated rings. The number of sulfone groups is 1. The summed E-state index contributed by atoms with van der Waals surface area (Å²) in [5.74, 6) is 0.846. The Morgan fingerprint density at radius 3 is 2.53 bits per heavy atom. The molecule has 0 atom stereocenters. The maximum Gasteiger partial charge on any atom is 0.221 e. The van der Waals surface area contributed by atoms with Gasteiger partial charge in [-0.05, 0) is 25.1 Å². The van der Waals surface area contributed by atoms with Gasteiger partial charge in [0, 0.05) is 18.9 Å². The predicted octanol–water partition coefficient (Wildman–Crippen LogP) is 2.02. The van der Waals surface area contributed by atoms with Gasteiger partial charge in [-0.15, -0.1) is 0 Å². The van der Waals surface area contributed by atoms with Gasteiger partial charge < -0.3 is 4.74 Å². The van der Waals surface area contributed by atoms with Crippen LogP contribution in [0.3, 0.4) is 0 Å². The van der Waals surface area contributed by atoms with E-state index < -0.39 is 9.84 Å². The quantitative estimate of drug-likeness (QED) is 0.470. The molecule has 0 aliphatic heterocycles. The molecule has 0 aromatic heterocycles. The van der Waals surface area contributed by atoms with Gasteiger partial charge in [0.2, 0.25) is 5.90 Å². The summed E-state index contributed by atoms with van der Waals surface area (Å²) >= 11 is 0. The minimum absolute atomic E-state index is 0.237. The molecule has 0 saturated carbocycles. The molecule has 0 amide bonds. The number of benzene rings is 1. The standard InChI is InChI=1S/C12H15NO3S/c1-9(2)16-12(13-3)10-6-5-7-11(8-10)17(4,14)15/h5-8H,1H2,2-4H3. The van der Waals surface area contributed by atoms with E-state index in [0.717, 1.165) is 6.26 Å². The van der Waals surface area contributed by atoms with E-state index >= 15 is 0 Å². The minimum atomic E-state index is -3.23. The Morgan fingerprint density at radius 2 is 2.06 bits per heavy atom. The Bertz CT molecular complexity index is 559. The summed E-state index contributed by atoms with van der Waals surface area (Å²) < 4.78 is 28.2. The Balaban J connectivity index is 3.19. The van der Waals surface area contributed by atoms with Crippen LogP contribution in [-0.2, 0) is 14.6 Å². The van der Waals surface area contributed by atoms with Crippen LogP contribution in [0.2, 0.25) is 0 Å². The predicted molar refractivity (Wildman–Crippen MR) is 67.9 cm³/mol. The molecule has 4 nitrogen and oxygen atoms in total. The Labute approximate surface area is 102 Å². The normalized spacial score (nSPS) is 12.3. The van der Waals surface area contributed by atoms with Gasteiger partial charge in [0.25, 0.3) is 0 Å². The summed E-state index contributed by atoms with van der Waals surface area (Å²) in [5, 5.41) is 0. The van der Waals surface area contributed by atoms with E-state index in [1.807, 2.05) is 0 Å². The van der Waals surface area contributed by atoms with Crippen LogP contribution in [0.1, 0.15) is 12.5 Å². The zero-order valence-corrected chi connectivity index (χ0v) is 10.9. The van der Waals surface area contributed by atoms with Crippen LogP contribution in [0.5, 0.6) is 0 Å². The van der Waals surface area contributed by atoms with Crippen molar-refractivity contribution in [2.75, 3.05) is 13.3 Å². The minimum Gasteiger partial charge on any atom is -0.444 e. The molecule has 0 N–H and O–H groups in total. The number of rotatable bonds is 3. The molecule has 92 valence electrons. The summed E-state index contributed by atoms with van der Waals surface area (Å²) in [6.07, 6.45) is 1.16. The van der Waals surface area contributed by atoms with Gasteiger partial charge in [-0.25, -0.2) is 8.42 Å². The molecule has 1 aromatic carbocycles. The topological polar surface area (TPSA) is 55.7 Å². The zero-order chi connectivity index (χ0) is 13.1. The van der Waals surface area contributed by atoms with E-state index in [-0.39, 0.29) is 4.90 Å². The number of hydrogen-bond acceptors (Lipinski definition) is 4. The highest BCUT2D eigenvalue weighted by atomic mass is 32.2. The maximum absolute atomic E-state index is 11.4. The van der Waals surface area contributed by atoms with Crippen LogP contribution in [0.15, 0.2) is 46.5 Å². The van der Waals surface area contributed by atoms with Gasteiger partial charge >= 0.3 is 0 Å². The van der Waals surface area contributed by atoms with E-state index in [0.29, 0.717) is 17.2 Å². The highest BCUT2D eigenvalue weighted by molar-refractivity contribution is 7.90. The van der Waals surface area contributed by atoms with Gasteiger partial charge in [0.15, 0.2) is 9.84 Å². The van der Waals surface area contributed by atoms with Crippen molar-refractivity contribution in [1.29, 1.82) is 0 Å². The molecular formula is C12H15NO3S. The van der Waals surface area contributed by atoms with Crippen LogP contribution in [-0.4, -0.2) is 27.6 Å². The SMILES string of the molecule is C=C(C)OC(=NC)c1cccc(S(C)(=O)=O)c1. The lowest BCUT2D eigenvalue weighted by Gasteiger charge is -2.08. The third kappa shape index (κ3) is 3.71. The lowest BCUT2D eigenvalue weighted by Crippen LogP contribution is -2.07. The first-order chi connectivity index (χ1) is 7.84. The number of nitrogens with zero attached hydrogens (tertiary/aromatic N) is 1. The van der Waals surface area contributed by atoms with E-state index in [1.165, 1.54) is 12.1 Å². The van der Waals surface area contributed by atoms with Gasteiger partial charge in [-0.2, -0.15) is 0 Å². The Morgan fingerprint density at radius 1 is 1.41 bits per heavy atom. The van der Waals surface area contributed by atoms with Crippen LogP contribution in [0.25, 0.3) is 0 Å². The highest BCUT2D eigenvalue weighted by Gasteiger charge is 2.11. The van der Waals surface area contributed by atoms with E-state index in [2.05, 4.69) is 11.6 Å². The van der Waals surface area contributed by atoms with Gasteiger partial charge in [-0.1, -0.05) is 12.6 Å². The van der Waals surface area contributed by atoms with Crippen molar-refractivity contribution < 1.29 is 13.2 Å². The lowest BCUT2D eigenvalue weighted by molar-refractivity contribution is 0.420. The van der Waals surface area contributed by atoms with Crippen LogP contribution in [0, 0.1) is 0 Å². The first-order valence-corrected chi connectivity index (χ1v) is 6.84. The summed E-state index contributed by atoms with van der Waals surface area (Å²) in [6.45, 7) is 5.32. The van der Waals surface area contributed by atoms with Crippen molar-refractivity contribution in [3.8, 4) is 0 Å². The van der Waals surface area contributed by atoms with Crippen LogP contribution in [0.4, 0.5) is 0 Å². The highest BCUT2D eigenvalue weighted by Crippen LogP contribution is 2.13. The summed E-state index contributed by atoms with van der Waals surface area (Å²) in [4.78, 5) is 4.20. The third-order valence-corrected chi connectivity index (χ3v) is 3.09. The first kappa shape index (κ1) is 13.4. The summed E-state index contributed by atoms with van der Waals surface area (Å²) in [5.41, 5.74) is 0.610. The average Bonchev–Trinajstić information content (AvgIpc) is 2.24. The number of ether oxygens (including phenoxy) is 1. The van der Waals surface area contributed by atoms with Crippen molar-refractivity contribution in [3.05, 3.63) is 42.2 Å². The van der Waals surface area contributed by atoms with Gasteiger partial charge in [0.05, 0.1) is 10.7 Å². The van der Waals surface area contributed by atoms with E-state index in [1.54, 1.807) is 26.1 Å². The third-order valence-electron chi connectivity index (χ3n) is 1.98. The van der Waals surface area contributed by atoms with Crippen molar-refractivity contribution in [1.82, 2.24) is 0 Å². The average molecular weight is 253 g/mol. The van der Waals surface area contributed by atoms with E-state index in [4.69, 9.17) is 4.74 Å². The van der Waals surface area contributed by atoms with E-state index in [9.17, 15) is 8.42 Å². The maximum atomic E-state index is 11.4. The molecule has 0 unspecified atom stereocenters. The van der Waals surface area contributed by atoms with Crippen LogP contribution >= 0.6 is 0 Å². The van der Waals surface area contributed by atoms with Crippen molar-refractivity contribution in [3.63, 3.8) is 0 Å².